The molecule has 3 aromatic rings. The predicted octanol–water partition coefficient (Wildman–Crippen LogP) is 3.48. The maximum absolute atomic E-state index is 12.4. The summed E-state index contributed by atoms with van der Waals surface area (Å²) in [5.74, 6) is -0.339. The highest BCUT2D eigenvalue weighted by Crippen LogP contribution is 2.20. The summed E-state index contributed by atoms with van der Waals surface area (Å²) in [6, 6.07) is 20.3. The number of benzene rings is 3. The van der Waals surface area contributed by atoms with Gasteiger partial charge < -0.3 is 14.2 Å². The lowest BCUT2D eigenvalue weighted by molar-refractivity contribution is -0.133. The first-order valence-electron chi connectivity index (χ1n) is 10.4. The SMILES string of the molecule is O=C(Cc1cccc2ccccc12)Oc1ccc(C(=O)OCCN2CCOCC2)cc1. The molecule has 6 heteroatoms. The first-order chi connectivity index (χ1) is 15.2. The van der Waals surface area contributed by atoms with E-state index in [9.17, 15) is 9.59 Å². The van der Waals surface area contributed by atoms with Crippen LogP contribution in [-0.4, -0.2) is 56.3 Å². The van der Waals surface area contributed by atoms with Crippen molar-refractivity contribution in [1.29, 1.82) is 0 Å². The molecule has 1 aliphatic rings. The fourth-order valence-electron chi connectivity index (χ4n) is 3.60. The monoisotopic (exact) mass is 419 g/mol. The van der Waals surface area contributed by atoms with E-state index in [0.29, 0.717) is 37.7 Å². The molecule has 0 aliphatic carbocycles. The van der Waals surface area contributed by atoms with Crippen LogP contribution in [0.5, 0.6) is 5.75 Å². The van der Waals surface area contributed by atoms with Crippen LogP contribution >= 0.6 is 0 Å². The van der Waals surface area contributed by atoms with Crippen molar-refractivity contribution in [3.05, 3.63) is 77.9 Å². The predicted molar refractivity (Wildman–Crippen MR) is 117 cm³/mol. The average Bonchev–Trinajstić information content (AvgIpc) is 2.80. The Bertz CT molecular complexity index is 1040. The van der Waals surface area contributed by atoms with Crippen molar-refractivity contribution in [3.8, 4) is 5.75 Å². The lowest BCUT2D eigenvalue weighted by Gasteiger charge is -2.26. The molecule has 0 bridgehead atoms. The Morgan fingerprint density at radius 3 is 2.45 bits per heavy atom. The Hall–Kier alpha value is -3.22. The van der Waals surface area contributed by atoms with E-state index in [0.717, 1.165) is 29.4 Å². The van der Waals surface area contributed by atoms with Crippen LogP contribution < -0.4 is 4.74 Å². The fraction of sp³-hybridized carbons (Fsp3) is 0.280. The van der Waals surface area contributed by atoms with Gasteiger partial charge in [0.2, 0.25) is 0 Å². The molecule has 0 spiro atoms. The van der Waals surface area contributed by atoms with Gasteiger partial charge in [0.05, 0.1) is 25.2 Å². The second kappa shape index (κ2) is 10.2. The van der Waals surface area contributed by atoms with E-state index in [1.54, 1.807) is 24.3 Å². The number of rotatable bonds is 7. The molecule has 0 saturated carbocycles. The molecule has 6 nitrogen and oxygen atoms in total. The van der Waals surface area contributed by atoms with Crippen LogP contribution in [-0.2, 0) is 20.7 Å². The normalized spacial score (nSPS) is 14.3. The third kappa shape index (κ3) is 5.69. The second-order valence-electron chi connectivity index (χ2n) is 7.40. The number of fused-ring (bicyclic) bond motifs is 1. The molecule has 0 N–H and O–H groups in total. The third-order valence-electron chi connectivity index (χ3n) is 5.28. The van der Waals surface area contributed by atoms with Crippen LogP contribution in [0.25, 0.3) is 10.8 Å². The van der Waals surface area contributed by atoms with E-state index in [4.69, 9.17) is 14.2 Å². The van der Waals surface area contributed by atoms with E-state index >= 15 is 0 Å². The largest absolute Gasteiger partial charge is 0.461 e. The average molecular weight is 419 g/mol. The zero-order valence-electron chi connectivity index (χ0n) is 17.3. The summed E-state index contributed by atoms with van der Waals surface area (Å²) in [7, 11) is 0. The lowest BCUT2D eigenvalue weighted by atomic mass is 10.0. The summed E-state index contributed by atoms with van der Waals surface area (Å²) in [6.07, 6.45) is 0.173. The first-order valence-corrected chi connectivity index (χ1v) is 10.4. The molecular formula is C25H25NO5. The second-order valence-corrected chi connectivity index (χ2v) is 7.40. The van der Waals surface area contributed by atoms with E-state index in [-0.39, 0.29) is 18.4 Å². The highest BCUT2D eigenvalue weighted by atomic mass is 16.5. The molecule has 1 heterocycles. The number of hydrogen-bond donors (Lipinski definition) is 0. The molecule has 160 valence electrons. The number of carbonyl (C=O) groups is 2. The minimum Gasteiger partial charge on any atom is -0.461 e. The molecule has 4 rings (SSSR count). The van der Waals surface area contributed by atoms with Gasteiger partial charge in [0.1, 0.15) is 12.4 Å². The van der Waals surface area contributed by atoms with Gasteiger partial charge in [0.15, 0.2) is 0 Å². The molecule has 0 radical (unpaired) electrons. The molecule has 0 amide bonds. The van der Waals surface area contributed by atoms with Crippen LogP contribution in [0.2, 0.25) is 0 Å². The summed E-state index contributed by atoms with van der Waals surface area (Å²) in [5.41, 5.74) is 1.35. The van der Waals surface area contributed by atoms with Crippen LogP contribution in [0.3, 0.4) is 0 Å². The van der Waals surface area contributed by atoms with Gasteiger partial charge in [-0.25, -0.2) is 4.79 Å². The van der Waals surface area contributed by atoms with Crippen LogP contribution in [0, 0.1) is 0 Å². The first kappa shape index (κ1) is 21.0. The minimum absolute atomic E-state index is 0.173. The lowest BCUT2D eigenvalue weighted by Crippen LogP contribution is -2.38. The molecule has 0 unspecified atom stereocenters. The van der Waals surface area contributed by atoms with Crippen molar-refractivity contribution < 1.29 is 23.8 Å². The maximum Gasteiger partial charge on any atom is 0.338 e. The minimum atomic E-state index is -0.387. The molecule has 3 aromatic carbocycles. The van der Waals surface area contributed by atoms with E-state index < -0.39 is 0 Å². The number of hydrogen-bond acceptors (Lipinski definition) is 6. The molecule has 0 aromatic heterocycles. The number of esters is 2. The zero-order valence-corrected chi connectivity index (χ0v) is 17.3. The highest BCUT2D eigenvalue weighted by molar-refractivity contribution is 5.90. The van der Waals surface area contributed by atoms with Crippen molar-refractivity contribution in [2.45, 2.75) is 6.42 Å². The topological polar surface area (TPSA) is 65.1 Å². The summed E-state index contributed by atoms with van der Waals surface area (Å²) in [4.78, 5) is 26.8. The maximum atomic E-state index is 12.4. The number of morpholine rings is 1. The Kier molecular flexibility index (Phi) is 6.92. The number of ether oxygens (including phenoxy) is 3. The Morgan fingerprint density at radius 2 is 1.65 bits per heavy atom. The van der Waals surface area contributed by atoms with Gasteiger partial charge in [-0.1, -0.05) is 42.5 Å². The zero-order chi connectivity index (χ0) is 21.5. The van der Waals surface area contributed by atoms with Crippen molar-refractivity contribution >= 4 is 22.7 Å². The molecule has 31 heavy (non-hydrogen) atoms. The standard InChI is InChI=1S/C25H25NO5/c27-24(18-21-6-3-5-19-4-1-2-7-23(19)21)31-22-10-8-20(9-11-22)25(28)30-17-14-26-12-15-29-16-13-26/h1-11H,12-18H2. The van der Waals surface area contributed by atoms with Crippen molar-refractivity contribution in [1.82, 2.24) is 4.90 Å². The van der Waals surface area contributed by atoms with E-state index in [1.807, 2.05) is 42.5 Å². The van der Waals surface area contributed by atoms with Crippen molar-refractivity contribution in [2.75, 3.05) is 39.5 Å². The Morgan fingerprint density at radius 1 is 0.903 bits per heavy atom. The van der Waals surface area contributed by atoms with Crippen LogP contribution in [0.15, 0.2) is 66.7 Å². The fourth-order valence-corrected chi connectivity index (χ4v) is 3.60. The molecule has 1 fully saturated rings. The summed E-state index contributed by atoms with van der Waals surface area (Å²) >= 11 is 0. The molecule has 1 aliphatic heterocycles. The van der Waals surface area contributed by atoms with Gasteiger partial charge in [-0.15, -0.1) is 0 Å². The number of carbonyl (C=O) groups excluding carboxylic acids is 2. The Balaban J connectivity index is 1.28. The molecule has 1 saturated heterocycles. The van der Waals surface area contributed by atoms with Crippen LogP contribution in [0.4, 0.5) is 0 Å². The smallest absolute Gasteiger partial charge is 0.338 e. The third-order valence-corrected chi connectivity index (χ3v) is 5.28. The summed E-state index contributed by atoms with van der Waals surface area (Å²) in [5, 5.41) is 2.13. The molecular weight excluding hydrogens is 394 g/mol. The van der Waals surface area contributed by atoms with E-state index in [1.165, 1.54) is 0 Å². The Labute approximate surface area is 181 Å². The van der Waals surface area contributed by atoms with Gasteiger partial charge in [-0.3, -0.25) is 9.69 Å². The van der Waals surface area contributed by atoms with Gasteiger partial charge in [-0.2, -0.15) is 0 Å². The van der Waals surface area contributed by atoms with Gasteiger partial charge in [0, 0.05) is 19.6 Å². The van der Waals surface area contributed by atoms with Crippen molar-refractivity contribution in [3.63, 3.8) is 0 Å². The van der Waals surface area contributed by atoms with Gasteiger partial charge in [-0.05, 0) is 40.6 Å². The molecule has 0 atom stereocenters. The highest BCUT2D eigenvalue weighted by Gasteiger charge is 2.13. The summed E-state index contributed by atoms with van der Waals surface area (Å²) < 4.78 is 16.1. The van der Waals surface area contributed by atoms with Crippen LogP contribution in [0.1, 0.15) is 15.9 Å². The van der Waals surface area contributed by atoms with Gasteiger partial charge >= 0.3 is 11.9 Å². The van der Waals surface area contributed by atoms with Gasteiger partial charge in [0.25, 0.3) is 0 Å². The van der Waals surface area contributed by atoms with Crippen molar-refractivity contribution in [2.24, 2.45) is 0 Å². The van der Waals surface area contributed by atoms with E-state index in [2.05, 4.69) is 4.90 Å². The number of nitrogens with zero attached hydrogens (tertiary/aromatic N) is 1. The quantitative estimate of drug-likeness (QED) is 0.432. The summed E-state index contributed by atoms with van der Waals surface area (Å²) in [6.45, 7) is 4.18.